The lowest BCUT2D eigenvalue weighted by molar-refractivity contribution is 0.485. The molecule has 5 nitrogen and oxygen atoms in total. The van der Waals surface area contributed by atoms with Gasteiger partial charge in [-0.25, -0.2) is 9.18 Å². The van der Waals surface area contributed by atoms with Gasteiger partial charge in [-0.05, 0) is 54.4 Å². The van der Waals surface area contributed by atoms with E-state index in [2.05, 4.69) is 0 Å². The van der Waals surface area contributed by atoms with Crippen LogP contribution in [0.25, 0.3) is 22.1 Å². The molecule has 0 atom stereocenters. The molecule has 3 aromatic carbocycles. The molecule has 7 heteroatoms. The van der Waals surface area contributed by atoms with Crippen molar-refractivity contribution in [1.82, 2.24) is 0 Å². The molecule has 0 unspecified atom stereocenters. The zero-order valence-electron chi connectivity index (χ0n) is 15.3. The largest absolute Gasteiger partial charge is 0.422 e. The minimum absolute atomic E-state index is 0.0168. The summed E-state index contributed by atoms with van der Waals surface area (Å²) >= 11 is 0. The van der Waals surface area contributed by atoms with Crippen molar-refractivity contribution >= 4 is 21.1 Å². The molecule has 0 saturated carbocycles. The van der Waals surface area contributed by atoms with Gasteiger partial charge in [0.15, 0.2) is 0 Å². The summed E-state index contributed by atoms with van der Waals surface area (Å²) in [5, 5.41) is 0.662. The van der Waals surface area contributed by atoms with Crippen molar-refractivity contribution in [3.63, 3.8) is 0 Å². The fourth-order valence-electron chi connectivity index (χ4n) is 3.10. The van der Waals surface area contributed by atoms with Crippen molar-refractivity contribution in [2.24, 2.45) is 0 Å². The molecule has 0 aliphatic heterocycles. The topological polar surface area (TPSA) is 73.6 Å². The molecule has 0 N–H and O–H groups in total. The molecular weight excluding hydrogens is 395 g/mol. The molecule has 0 amide bonds. The molecule has 1 heterocycles. The van der Waals surface area contributed by atoms with Crippen molar-refractivity contribution in [2.45, 2.75) is 11.8 Å². The Balaban J connectivity index is 1.76. The average Bonchev–Trinajstić information content (AvgIpc) is 2.68. The van der Waals surface area contributed by atoms with Crippen LogP contribution in [-0.4, -0.2) is 8.42 Å². The molecule has 29 heavy (non-hydrogen) atoms. The van der Waals surface area contributed by atoms with Crippen LogP contribution < -0.4 is 9.81 Å². The second kappa shape index (κ2) is 7.18. The van der Waals surface area contributed by atoms with E-state index in [1.807, 2.05) is 30.3 Å². The monoisotopic (exact) mass is 410 g/mol. The normalized spacial score (nSPS) is 11.5. The van der Waals surface area contributed by atoms with E-state index in [0.29, 0.717) is 10.9 Å². The van der Waals surface area contributed by atoms with Gasteiger partial charge in [0, 0.05) is 11.5 Å². The minimum atomic E-state index is -4.16. The summed E-state index contributed by atoms with van der Waals surface area (Å²) in [7, 11) is -4.16. The SMILES string of the molecule is Cc1c(-c2ccccc2)c(=O)oc2cc(OS(=O)(=O)c3ccc(F)cc3)ccc12. The van der Waals surface area contributed by atoms with Gasteiger partial charge in [-0.3, -0.25) is 0 Å². The summed E-state index contributed by atoms with van der Waals surface area (Å²) in [4.78, 5) is 12.4. The van der Waals surface area contributed by atoms with Crippen LogP contribution in [0, 0.1) is 12.7 Å². The number of benzene rings is 3. The Labute approximate surface area is 166 Å². The Hall–Kier alpha value is -3.45. The first-order valence-corrected chi connectivity index (χ1v) is 10.1. The van der Waals surface area contributed by atoms with Gasteiger partial charge in [-0.2, -0.15) is 8.42 Å². The lowest BCUT2D eigenvalue weighted by Gasteiger charge is -2.10. The van der Waals surface area contributed by atoms with Gasteiger partial charge in [0.1, 0.15) is 22.0 Å². The fourth-order valence-corrected chi connectivity index (χ4v) is 4.03. The highest BCUT2D eigenvalue weighted by atomic mass is 32.2. The third-order valence-corrected chi connectivity index (χ3v) is 5.77. The molecule has 0 aliphatic rings. The van der Waals surface area contributed by atoms with Gasteiger partial charge in [-0.1, -0.05) is 30.3 Å². The van der Waals surface area contributed by atoms with Gasteiger partial charge in [-0.15, -0.1) is 0 Å². The number of rotatable bonds is 4. The van der Waals surface area contributed by atoms with Crippen LogP contribution in [0.2, 0.25) is 0 Å². The van der Waals surface area contributed by atoms with E-state index < -0.39 is 21.6 Å². The number of aryl methyl sites for hydroxylation is 1. The first-order valence-electron chi connectivity index (χ1n) is 8.68. The van der Waals surface area contributed by atoms with Crippen LogP contribution in [0.15, 0.2) is 86.9 Å². The summed E-state index contributed by atoms with van der Waals surface area (Å²) in [6, 6.07) is 17.9. The second-order valence-electron chi connectivity index (χ2n) is 6.40. The third-order valence-electron chi connectivity index (χ3n) is 4.51. The highest BCUT2D eigenvalue weighted by Crippen LogP contribution is 2.30. The minimum Gasteiger partial charge on any atom is -0.422 e. The maximum Gasteiger partial charge on any atom is 0.344 e. The standard InChI is InChI=1S/C22H15FO5S/c1-14-19-12-9-17(28-29(25,26)18-10-7-16(23)8-11-18)13-20(19)27-22(24)21(14)15-5-3-2-4-6-15/h2-13H,1H3. The molecule has 0 bridgehead atoms. The predicted molar refractivity (Wildman–Crippen MR) is 107 cm³/mol. The Kier molecular flexibility index (Phi) is 4.68. The second-order valence-corrected chi connectivity index (χ2v) is 7.95. The molecule has 0 spiro atoms. The molecule has 146 valence electrons. The summed E-state index contributed by atoms with van der Waals surface area (Å²) < 4.78 is 48.3. The molecule has 0 radical (unpaired) electrons. The molecule has 0 fully saturated rings. The van der Waals surface area contributed by atoms with Crippen molar-refractivity contribution < 1.29 is 21.4 Å². The van der Waals surface area contributed by atoms with Crippen LogP contribution in [0.3, 0.4) is 0 Å². The van der Waals surface area contributed by atoms with Gasteiger partial charge in [0.25, 0.3) is 0 Å². The highest BCUT2D eigenvalue weighted by Gasteiger charge is 2.18. The Morgan fingerprint density at radius 2 is 1.62 bits per heavy atom. The quantitative estimate of drug-likeness (QED) is 0.361. The lowest BCUT2D eigenvalue weighted by Crippen LogP contribution is -2.10. The summed E-state index contributed by atoms with van der Waals surface area (Å²) in [6.45, 7) is 1.80. The first-order chi connectivity index (χ1) is 13.8. The summed E-state index contributed by atoms with van der Waals surface area (Å²) in [5.74, 6) is -0.571. The molecule has 4 rings (SSSR count). The van der Waals surface area contributed by atoms with Gasteiger partial charge >= 0.3 is 15.7 Å². The van der Waals surface area contributed by atoms with E-state index in [9.17, 15) is 17.6 Å². The average molecular weight is 410 g/mol. The van der Waals surface area contributed by atoms with Crippen LogP contribution >= 0.6 is 0 Å². The van der Waals surface area contributed by atoms with E-state index in [0.717, 1.165) is 35.4 Å². The number of hydrogen-bond acceptors (Lipinski definition) is 5. The highest BCUT2D eigenvalue weighted by molar-refractivity contribution is 7.87. The zero-order valence-corrected chi connectivity index (χ0v) is 16.1. The number of halogens is 1. The number of hydrogen-bond donors (Lipinski definition) is 0. The fraction of sp³-hybridized carbons (Fsp3) is 0.0455. The third kappa shape index (κ3) is 3.64. The zero-order chi connectivity index (χ0) is 20.6. The van der Waals surface area contributed by atoms with Crippen LogP contribution in [0.5, 0.6) is 5.75 Å². The summed E-state index contributed by atoms with van der Waals surface area (Å²) in [5.41, 5.74) is 1.58. The van der Waals surface area contributed by atoms with Crippen molar-refractivity contribution in [3.8, 4) is 16.9 Å². The van der Waals surface area contributed by atoms with Crippen molar-refractivity contribution in [3.05, 3.63) is 94.6 Å². The molecule has 0 aliphatic carbocycles. The Morgan fingerprint density at radius 3 is 2.31 bits per heavy atom. The lowest BCUT2D eigenvalue weighted by atomic mass is 10.00. The van der Waals surface area contributed by atoms with E-state index in [1.165, 1.54) is 12.1 Å². The van der Waals surface area contributed by atoms with Crippen molar-refractivity contribution in [1.29, 1.82) is 0 Å². The van der Waals surface area contributed by atoms with Gasteiger partial charge in [0.05, 0.1) is 5.56 Å². The molecule has 4 aromatic rings. The first kappa shape index (κ1) is 18.9. The van der Waals surface area contributed by atoms with E-state index in [4.69, 9.17) is 8.60 Å². The summed E-state index contributed by atoms with van der Waals surface area (Å²) in [6.07, 6.45) is 0. The molecule has 1 aromatic heterocycles. The van der Waals surface area contributed by atoms with Crippen LogP contribution in [0.4, 0.5) is 4.39 Å². The molecule has 0 saturated heterocycles. The Morgan fingerprint density at radius 1 is 0.931 bits per heavy atom. The molecular formula is C22H15FO5S. The van der Waals surface area contributed by atoms with E-state index >= 15 is 0 Å². The maximum atomic E-state index is 13.0. The van der Waals surface area contributed by atoms with E-state index in [-0.39, 0.29) is 16.2 Å². The van der Waals surface area contributed by atoms with Gasteiger partial charge in [0.2, 0.25) is 0 Å². The number of fused-ring (bicyclic) bond motifs is 1. The Bertz CT molecular complexity index is 1360. The van der Waals surface area contributed by atoms with E-state index in [1.54, 1.807) is 13.0 Å². The predicted octanol–water partition coefficient (Wildman–Crippen LogP) is 4.68. The smallest absolute Gasteiger partial charge is 0.344 e. The van der Waals surface area contributed by atoms with Crippen molar-refractivity contribution in [2.75, 3.05) is 0 Å². The van der Waals surface area contributed by atoms with Gasteiger partial charge < -0.3 is 8.60 Å². The van der Waals surface area contributed by atoms with Crippen LogP contribution in [-0.2, 0) is 10.1 Å². The van der Waals surface area contributed by atoms with Crippen LogP contribution in [0.1, 0.15) is 5.56 Å². The maximum absolute atomic E-state index is 13.0.